The van der Waals surface area contributed by atoms with Crippen LogP contribution in [0.4, 0.5) is 10.1 Å². The van der Waals surface area contributed by atoms with Crippen LogP contribution in [0.1, 0.15) is 45.0 Å². The Balaban J connectivity index is 1.20. The standard InChI is InChI=1S/C33H35FN2O6S/c1-35-33(38)31-28-19-27(23-5-6-23)29(20-30(28)42-32(31)24-7-9-25(34)10-8-24)36(43-2)13-14-39-15-16-40-17-18-41-26-11-3-22(21-37)4-12-26/h3-4,7-12,19-21,23H,5-6,13-18H2,1-2H3,(H,35,38). The minimum Gasteiger partial charge on any atom is -0.491 e. The maximum atomic E-state index is 13.6. The summed E-state index contributed by atoms with van der Waals surface area (Å²) in [7, 11) is 1.59. The van der Waals surface area contributed by atoms with Crippen LogP contribution in [0, 0.1) is 5.82 Å². The molecule has 1 aromatic heterocycles. The first kappa shape index (κ1) is 30.6. The Labute approximate surface area is 254 Å². The first-order valence-corrected chi connectivity index (χ1v) is 15.4. The molecule has 0 bridgehead atoms. The fourth-order valence-corrected chi connectivity index (χ4v) is 5.49. The number of anilines is 1. The molecule has 5 rings (SSSR count). The molecular weight excluding hydrogens is 571 g/mol. The largest absolute Gasteiger partial charge is 0.491 e. The van der Waals surface area contributed by atoms with E-state index in [2.05, 4.69) is 15.7 Å². The number of carbonyl (C=O) groups excluding carboxylic acids is 2. The second-order valence-electron chi connectivity index (χ2n) is 10.1. The average molecular weight is 607 g/mol. The lowest BCUT2D eigenvalue weighted by atomic mass is 10.0. The van der Waals surface area contributed by atoms with E-state index in [1.165, 1.54) is 17.7 Å². The predicted octanol–water partition coefficient (Wildman–Crippen LogP) is 6.49. The van der Waals surface area contributed by atoms with Crippen molar-refractivity contribution < 1.29 is 32.6 Å². The number of fused-ring (bicyclic) bond motifs is 1. The van der Waals surface area contributed by atoms with Gasteiger partial charge in [0.25, 0.3) is 5.91 Å². The third kappa shape index (κ3) is 7.57. The number of furan rings is 1. The summed E-state index contributed by atoms with van der Waals surface area (Å²) in [4.78, 5) is 23.7. The van der Waals surface area contributed by atoms with Crippen LogP contribution in [-0.2, 0) is 9.47 Å². The number of hydrogen-bond donors (Lipinski definition) is 1. The maximum absolute atomic E-state index is 13.6. The molecule has 4 aromatic rings. The second-order valence-corrected chi connectivity index (χ2v) is 10.9. The minimum atomic E-state index is -0.350. The van der Waals surface area contributed by atoms with Crippen LogP contribution < -0.4 is 14.4 Å². The fraction of sp³-hybridized carbons (Fsp3) is 0.333. The molecule has 1 N–H and O–H groups in total. The maximum Gasteiger partial charge on any atom is 0.255 e. The summed E-state index contributed by atoms with van der Waals surface area (Å²) in [6, 6.07) is 17.0. The number of rotatable bonds is 16. The SMILES string of the molecule is CNC(=O)c1c(-c2ccc(F)cc2)oc2cc(N(CCOCCOCCOc3ccc(C=O)cc3)SC)c(C3CC3)cc12. The molecule has 8 nitrogen and oxygen atoms in total. The molecule has 10 heteroatoms. The van der Waals surface area contributed by atoms with Gasteiger partial charge in [0.05, 0.1) is 44.2 Å². The van der Waals surface area contributed by atoms with Gasteiger partial charge in [-0.25, -0.2) is 4.39 Å². The van der Waals surface area contributed by atoms with Crippen molar-refractivity contribution in [2.45, 2.75) is 18.8 Å². The highest BCUT2D eigenvalue weighted by Crippen LogP contribution is 2.48. The van der Waals surface area contributed by atoms with Crippen LogP contribution in [0.2, 0.25) is 0 Å². The van der Waals surface area contributed by atoms with Crippen molar-refractivity contribution in [1.82, 2.24) is 5.32 Å². The zero-order valence-electron chi connectivity index (χ0n) is 24.3. The van der Waals surface area contributed by atoms with E-state index in [1.54, 1.807) is 55.4 Å². The monoisotopic (exact) mass is 606 g/mol. The van der Waals surface area contributed by atoms with Crippen molar-refractivity contribution in [3.8, 4) is 17.1 Å². The third-order valence-electron chi connectivity index (χ3n) is 7.23. The van der Waals surface area contributed by atoms with Gasteiger partial charge in [-0.1, -0.05) is 11.9 Å². The van der Waals surface area contributed by atoms with Crippen LogP contribution >= 0.6 is 11.9 Å². The van der Waals surface area contributed by atoms with Crippen molar-refractivity contribution in [3.05, 3.63) is 83.2 Å². The van der Waals surface area contributed by atoms with Crippen LogP contribution in [0.3, 0.4) is 0 Å². The summed E-state index contributed by atoms with van der Waals surface area (Å²) >= 11 is 1.61. The zero-order valence-corrected chi connectivity index (χ0v) is 25.1. The number of halogens is 1. The van der Waals surface area contributed by atoms with E-state index >= 15 is 0 Å². The van der Waals surface area contributed by atoms with Gasteiger partial charge >= 0.3 is 0 Å². The molecule has 43 heavy (non-hydrogen) atoms. The van der Waals surface area contributed by atoms with Gasteiger partial charge in [0.2, 0.25) is 0 Å². The highest BCUT2D eigenvalue weighted by Gasteiger charge is 2.31. The van der Waals surface area contributed by atoms with E-state index in [4.69, 9.17) is 18.6 Å². The Kier molecular flexibility index (Phi) is 10.3. The van der Waals surface area contributed by atoms with Crippen molar-refractivity contribution in [1.29, 1.82) is 0 Å². The third-order valence-corrected chi connectivity index (χ3v) is 8.05. The van der Waals surface area contributed by atoms with E-state index in [1.807, 2.05) is 12.3 Å². The molecule has 0 unspecified atom stereocenters. The molecule has 226 valence electrons. The summed E-state index contributed by atoms with van der Waals surface area (Å²) in [6.07, 6.45) is 5.02. The van der Waals surface area contributed by atoms with Gasteiger partial charge in [0.15, 0.2) is 0 Å². The topological polar surface area (TPSA) is 90.2 Å². The van der Waals surface area contributed by atoms with E-state index in [0.717, 1.165) is 30.2 Å². The highest BCUT2D eigenvalue weighted by molar-refractivity contribution is 7.99. The molecule has 0 radical (unpaired) electrons. The number of nitrogens with zero attached hydrogens (tertiary/aromatic N) is 1. The number of amides is 1. The predicted molar refractivity (Wildman–Crippen MR) is 167 cm³/mol. The molecule has 0 atom stereocenters. The number of nitrogens with one attached hydrogen (secondary N) is 1. The number of carbonyl (C=O) groups is 2. The van der Waals surface area contributed by atoms with Crippen molar-refractivity contribution >= 4 is 40.8 Å². The van der Waals surface area contributed by atoms with Crippen molar-refractivity contribution in [2.24, 2.45) is 0 Å². The van der Waals surface area contributed by atoms with Gasteiger partial charge < -0.3 is 28.2 Å². The van der Waals surface area contributed by atoms with Crippen LogP contribution in [0.5, 0.6) is 5.75 Å². The lowest BCUT2D eigenvalue weighted by Gasteiger charge is -2.24. The number of aldehydes is 1. The van der Waals surface area contributed by atoms with Gasteiger partial charge in [-0.15, -0.1) is 0 Å². The van der Waals surface area contributed by atoms with Gasteiger partial charge in [-0.3, -0.25) is 9.59 Å². The number of benzene rings is 3. The number of ether oxygens (including phenoxy) is 3. The molecule has 1 fully saturated rings. The molecule has 0 saturated heterocycles. The van der Waals surface area contributed by atoms with Gasteiger partial charge in [-0.05, 0) is 78.9 Å². The van der Waals surface area contributed by atoms with Gasteiger partial charge in [-0.2, -0.15) is 0 Å². The lowest BCUT2D eigenvalue weighted by Crippen LogP contribution is -2.22. The zero-order chi connectivity index (χ0) is 30.2. The van der Waals surface area contributed by atoms with E-state index < -0.39 is 0 Å². The normalized spacial score (nSPS) is 12.8. The molecule has 1 aliphatic rings. The highest BCUT2D eigenvalue weighted by atomic mass is 32.2. The quantitative estimate of drug-likeness (QED) is 0.0880. The lowest BCUT2D eigenvalue weighted by molar-refractivity contribution is 0.0390. The molecule has 3 aromatic carbocycles. The summed E-state index contributed by atoms with van der Waals surface area (Å²) < 4.78 is 39.2. The van der Waals surface area contributed by atoms with Crippen LogP contribution in [-0.4, -0.2) is 65.1 Å². The Bertz CT molecular complexity index is 1540. The van der Waals surface area contributed by atoms with Crippen LogP contribution in [0.15, 0.2) is 65.1 Å². The van der Waals surface area contributed by atoms with E-state index in [-0.39, 0.29) is 11.7 Å². The molecule has 0 spiro atoms. The van der Waals surface area contributed by atoms with Crippen molar-refractivity contribution in [3.63, 3.8) is 0 Å². The Morgan fingerprint density at radius 3 is 2.37 bits per heavy atom. The van der Waals surface area contributed by atoms with Gasteiger partial charge in [0.1, 0.15) is 35.8 Å². The minimum absolute atomic E-state index is 0.246. The fourth-order valence-electron chi connectivity index (χ4n) is 4.88. The molecule has 1 heterocycles. The molecule has 1 saturated carbocycles. The molecular formula is C33H35FN2O6S. The van der Waals surface area contributed by atoms with E-state index in [0.29, 0.717) is 79.3 Å². The number of hydrogen-bond acceptors (Lipinski definition) is 8. The summed E-state index contributed by atoms with van der Waals surface area (Å²) in [5, 5.41) is 3.48. The first-order valence-electron chi connectivity index (χ1n) is 14.3. The first-order chi connectivity index (χ1) is 21.0. The van der Waals surface area contributed by atoms with Crippen molar-refractivity contribution in [2.75, 3.05) is 57.2 Å². The summed E-state index contributed by atoms with van der Waals surface area (Å²) in [6.45, 7) is 2.91. The summed E-state index contributed by atoms with van der Waals surface area (Å²) in [5.74, 6) is 0.947. The van der Waals surface area contributed by atoms with E-state index in [9.17, 15) is 14.0 Å². The molecule has 1 amide bonds. The Hall–Kier alpha value is -3.86. The molecule has 1 aliphatic carbocycles. The molecule has 0 aliphatic heterocycles. The summed E-state index contributed by atoms with van der Waals surface area (Å²) in [5.41, 5.74) is 4.54. The Morgan fingerprint density at radius 2 is 1.72 bits per heavy atom. The van der Waals surface area contributed by atoms with Crippen LogP contribution in [0.25, 0.3) is 22.3 Å². The second kappa shape index (κ2) is 14.5. The smallest absolute Gasteiger partial charge is 0.255 e. The Morgan fingerprint density at radius 1 is 1.02 bits per heavy atom. The average Bonchev–Trinajstić information content (AvgIpc) is 3.82. The van der Waals surface area contributed by atoms with Gasteiger partial charge in [0, 0.05) is 35.9 Å².